The van der Waals surface area contributed by atoms with Gasteiger partial charge in [-0.2, -0.15) is 0 Å². The summed E-state index contributed by atoms with van der Waals surface area (Å²) in [5.41, 5.74) is 0.945. The Bertz CT molecular complexity index is 489. The van der Waals surface area contributed by atoms with Crippen LogP contribution >= 0.6 is 0 Å². The molecule has 3 nitrogen and oxygen atoms in total. The largest absolute Gasteiger partial charge is 0.384 e. The third kappa shape index (κ3) is 1.92. The molecule has 16 heavy (non-hydrogen) atoms. The van der Waals surface area contributed by atoms with Crippen LogP contribution in [0.15, 0.2) is 36.5 Å². The summed E-state index contributed by atoms with van der Waals surface area (Å²) in [5, 5.41) is 14.4. The highest BCUT2D eigenvalue weighted by molar-refractivity contribution is 5.82. The molecule has 0 radical (unpaired) electrons. The van der Waals surface area contributed by atoms with Gasteiger partial charge in [0.25, 0.3) is 0 Å². The summed E-state index contributed by atoms with van der Waals surface area (Å²) in [5.74, 6) is 0. The van der Waals surface area contributed by atoms with Gasteiger partial charge in [-0.05, 0) is 31.7 Å². The van der Waals surface area contributed by atoms with E-state index in [9.17, 15) is 5.11 Å². The topological polar surface area (TPSA) is 45.1 Å². The second-order valence-corrected chi connectivity index (χ2v) is 4.18. The lowest BCUT2D eigenvalue weighted by molar-refractivity contribution is 0.0607. The summed E-state index contributed by atoms with van der Waals surface area (Å²) in [6.45, 7) is 2.33. The Kier molecular flexibility index (Phi) is 2.90. The molecular formula is C13H16N2O. The van der Waals surface area contributed by atoms with E-state index >= 15 is 0 Å². The van der Waals surface area contributed by atoms with E-state index in [-0.39, 0.29) is 0 Å². The minimum absolute atomic E-state index is 0.515. The van der Waals surface area contributed by atoms with E-state index in [4.69, 9.17) is 0 Å². The number of fused-ring (bicyclic) bond motifs is 1. The molecule has 1 atom stereocenters. The molecule has 1 aromatic heterocycles. The number of nitrogens with one attached hydrogen (secondary N) is 1. The molecule has 2 N–H and O–H groups in total. The molecule has 0 bridgehead atoms. The summed E-state index contributed by atoms with van der Waals surface area (Å²) in [7, 11) is 1.83. The SMILES string of the molecule is CNCC(C)(O)c1cccc2ncccc12. The van der Waals surface area contributed by atoms with Crippen molar-refractivity contribution in [3.05, 3.63) is 42.1 Å². The zero-order chi connectivity index (χ0) is 11.6. The molecule has 0 aliphatic carbocycles. The van der Waals surface area contributed by atoms with Gasteiger partial charge in [-0.25, -0.2) is 0 Å². The second kappa shape index (κ2) is 4.20. The minimum Gasteiger partial charge on any atom is -0.384 e. The van der Waals surface area contributed by atoms with Gasteiger partial charge >= 0.3 is 0 Å². The first-order chi connectivity index (χ1) is 7.65. The van der Waals surface area contributed by atoms with Crippen molar-refractivity contribution in [2.75, 3.05) is 13.6 Å². The quantitative estimate of drug-likeness (QED) is 0.820. The van der Waals surface area contributed by atoms with Gasteiger partial charge in [0.05, 0.1) is 11.1 Å². The number of benzene rings is 1. The van der Waals surface area contributed by atoms with E-state index in [0.29, 0.717) is 6.54 Å². The number of hydrogen-bond acceptors (Lipinski definition) is 3. The van der Waals surface area contributed by atoms with E-state index in [1.54, 1.807) is 6.20 Å². The molecule has 0 spiro atoms. The molecule has 1 aromatic carbocycles. The number of rotatable bonds is 3. The van der Waals surface area contributed by atoms with Crippen LogP contribution in [0.2, 0.25) is 0 Å². The summed E-state index contributed by atoms with van der Waals surface area (Å²) in [4.78, 5) is 4.28. The Morgan fingerprint density at radius 2 is 2.12 bits per heavy atom. The first kappa shape index (κ1) is 11.0. The smallest absolute Gasteiger partial charge is 0.0998 e. The van der Waals surface area contributed by atoms with E-state index in [2.05, 4.69) is 10.3 Å². The third-order valence-electron chi connectivity index (χ3n) is 2.75. The van der Waals surface area contributed by atoms with Gasteiger partial charge in [0, 0.05) is 18.1 Å². The Morgan fingerprint density at radius 1 is 1.31 bits per heavy atom. The van der Waals surface area contributed by atoms with Crippen LogP contribution in [0.3, 0.4) is 0 Å². The molecule has 1 unspecified atom stereocenters. The van der Waals surface area contributed by atoms with E-state index in [1.165, 1.54) is 0 Å². The van der Waals surface area contributed by atoms with Gasteiger partial charge in [-0.15, -0.1) is 0 Å². The van der Waals surface area contributed by atoms with Gasteiger partial charge in [-0.3, -0.25) is 4.98 Å². The molecule has 0 saturated carbocycles. The third-order valence-corrected chi connectivity index (χ3v) is 2.75. The normalized spacial score (nSPS) is 14.9. The summed E-state index contributed by atoms with van der Waals surface area (Å²) in [6.07, 6.45) is 1.76. The van der Waals surface area contributed by atoms with Crippen molar-refractivity contribution < 1.29 is 5.11 Å². The lowest BCUT2D eigenvalue weighted by atomic mass is 9.92. The molecule has 0 saturated heterocycles. The Labute approximate surface area is 95.1 Å². The Hall–Kier alpha value is -1.45. The molecule has 84 valence electrons. The maximum absolute atomic E-state index is 10.4. The first-order valence-corrected chi connectivity index (χ1v) is 5.36. The second-order valence-electron chi connectivity index (χ2n) is 4.18. The van der Waals surface area contributed by atoms with Crippen molar-refractivity contribution in [2.45, 2.75) is 12.5 Å². The lowest BCUT2D eigenvalue weighted by Crippen LogP contribution is -2.33. The van der Waals surface area contributed by atoms with E-state index in [0.717, 1.165) is 16.5 Å². The van der Waals surface area contributed by atoms with Crippen LogP contribution in [-0.4, -0.2) is 23.7 Å². The van der Waals surface area contributed by atoms with E-state index < -0.39 is 5.60 Å². The molecular weight excluding hydrogens is 200 g/mol. The fourth-order valence-electron chi connectivity index (χ4n) is 2.01. The van der Waals surface area contributed by atoms with Crippen LogP contribution < -0.4 is 5.32 Å². The molecule has 1 heterocycles. The van der Waals surface area contributed by atoms with Crippen molar-refractivity contribution in [3.63, 3.8) is 0 Å². The van der Waals surface area contributed by atoms with Gasteiger partial charge < -0.3 is 10.4 Å². The highest BCUT2D eigenvalue weighted by Crippen LogP contribution is 2.26. The molecule has 2 rings (SSSR count). The number of pyridine rings is 1. The number of aromatic nitrogens is 1. The van der Waals surface area contributed by atoms with Crippen LogP contribution in [0.1, 0.15) is 12.5 Å². The van der Waals surface area contributed by atoms with Crippen LogP contribution in [-0.2, 0) is 5.60 Å². The molecule has 0 aliphatic heterocycles. The maximum atomic E-state index is 10.4. The number of hydrogen-bond donors (Lipinski definition) is 2. The van der Waals surface area contributed by atoms with Gasteiger partial charge in [-0.1, -0.05) is 18.2 Å². The number of aliphatic hydroxyl groups is 1. The fourth-order valence-corrected chi connectivity index (χ4v) is 2.01. The first-order valence-electron chi connectivity index (χ1n) is 5.36. The summed E-state index contributed by atoms with van der Waals surface area (Å²) < 4.78 is 0. The van der Waals surface area contributed by atoms with Crippen molar-refractivity contribution in [1.29, 1.82) is 0 Å². The highest BCUT2D eigenvalue weighted by atomic mass is 16.3. The molecule has 3 heteroatoms. The Morgan fingerprint density at radius 3 is 2.88 bits per heavy atom. The van der Waals surface area contributed by atoms with Gasteiger partial charge in [0.1, 0.15) is 0 Å². The number of likely N-dealkylation sites (N-methyl/N-ethyl adjacent to an activating group) is 1. The van der Waals surface area contributed by atoms with Crippen LogP contribution in [0.4, 0.5) is 0 Å². The predicted octanol–water partition coefficient (Wildman–Crippen LogP) is 1.66. The molecule has 0 aliphatic rings. The van der Waals surface area contributed by atoms with Crippen LogP contribution in [0.5, 0.6) is 0 Å². The monoisotopic (exact) mass is 216 g/mol. The molecule has 0 fully saturated rings. The fraction of sp³-hybridized carbons (Fsp3) is 0.308. The summed E-state index contributed by atoms with van der Waals surface area (Å²) >= 11 is 0. The highest BCUT2D eigenvalue weighted by Gasteiger charge is 2.24. The molecule has 2 aromatic rings. The summed E-state index contributed by atoms with van der Waals surface area (Å²) in [6, 6.07) is 9.70. The van der Waals surface area contributed by atoms with Crippen molar-refractivity contribution in [3.8, 4) is 0 Å². The molecule has 0 amide bonds. The van der Waals surface area contributed by atoms with Crippen LogP contribution in [0.25, 0.3) is 10.9 Å². The average Bonchev–Trinajstić information content (AvgIpc) is 2.28. The van der Waals surface area contributed by atoms with Crippen molar-refractivity contribution in [1.82, 2.24) is 10.3 Å². The Balaban J connectivity index is 2.60. The predicted molar refractivity (Wildman–Crippen MR) is 65.2 cm³/mol. The zero-order valence-corrected chi connectivity index (χ0v) is 9.57. The van der Waals surface area contributed by atoms with Gasteiger partial charge in [0.15, 0.2) is 0 Å². The number of nitrogens with zero attached hydrogens (tertiary/aromatic N) is 1. The van der Waals surface area contributed by atoms with Gasteiger partial charge in [0.2, 0.25) is 0 Å². The standard InChI is InChI=1S/C13H16N2O/c1-13(16,9-14-2)11-6-3-7-12-10(11)5-4-8-15-12/h3-8,14,16H,9H2,1-2H3. The maximum Gasteiger partial charge on any atom is 0.0998 e. The minimum atomic E-state index is -0.878. The van der Waals surface area contributed by atoms with E-state index in [1.807, 2.05) is 44.3 Å². The zero-order valence-electron chi connectivity index (χ0n) is 9.57. The lowest BCUT2D eigenvalue weighted by Gasteiger charge is -2.24. The van der Waals surface area contributed by atoms with Crippen LogP contribution in [0, 0.1) is 0 Å². The van der Waals surface area contributed by atoms with Crippen molar-refractivity contribution >= 4 is 10.9 Å². The average molecular weight is 216 g/mol. The van der Waals surface area contributed by atoms with Crippen molar-refractivity contribution in [2.24, 2.45) is 0 Å².